The van der Waals surface area contributed by atoms with Gasteiger partial charge < -0.3 is 5.11 Å². The predicted octanol–water partition coefficient (Wildman–Crippen LogP) is 2.04. The number of benzene rings is 1. The van der Waals surface area contributed by atoms with Crippen LogP contribution in [-0.2, 0) is 14.8 Å². The van der Waals surface area contributed by atoms with Crippen LogP contribution in [-0.4, -0.2) is 31.3 Å². The van der Waals surface area contributed by atoms with E-state index in [2.05, 4.69) is 17.4 Å². The fourth-order valence-electron chi connectivity index (χ4n) is 1.30. The van der Waals surface area contributed by atoms with Gasteiger partial charge in [-0.15, -0.1) is 0 Å². The zero-order valence-electron chi connectivity index (χ0n) is 9.51. The number of sulfonamides is 1. The highest BCUT2D eigenvalue weighted by atomic mass is 35.5. The second-order valence-corrected chi connectivity index (χ2v) is 6.66. The Kier molecular flexibility index (Phi) is 5.94. The summed E-state index contributed by atoms with van der Waals surface area (Å²) < 4.78 is 26.1. The molecule has 0 aliphatic heterocycles. The van der Waals surface area contributed by atoms with Gasteiger partial charge >= 0.3 is 5.97 Å². The molecule has 9 heteroatoms. The monoisotopic (exact) mass is 343 g/mol. The number of thiol groups is 1. The average molecular weight is 344 g/mol. The van der Waals surface area contributed by atoms with E-state index in [9.17, 15) is 13.2 Å². The summed E-state index contributed by atoms with van der Waals surface area (Å²) in [6.45, 7) is 0. The van der Waals surface area contributed by atoms with Gasteiger partial charge in [-0.25, -0.2) is 8.42 Å². The molecular formula is C10H11Cl2NO4S2. The Morgan fingerprint density at radius 2 is 1.84 bits per heavy atom. The summed E-state index contributed by atoms with van der Waals surface area (Å²) >= 11 is 15.3. The molecule has 0 radical (unpaired) electrons. The van der Waals surface area contributed by atoms with E-state index >= 15 is 0 Å². The molecular weight excluding hydrogens is 333 g/mol. The Balaban J connectivity index is 3.06. The molecule has 0 fully saturated rings. The van der Waals surface area contributed by atoms with Crippen LogP contribution in [0, 0.1) is 0 Å². The van der Waals surface area contributed by atoms with Gasteiger partial charge in [-0.2, -0.15) is 17.4 Å². The predicted molar refractivity (Wildman–Crippen MR) is 76.7 cm³/mol. The number of carbonyl (C=O) groups is 1. The Labute approximate surface area is 126 Å². The normalized spacial score (nSPS) is 13.2. The molecule has 5 nitrogen and oxygen atoms in total. The van der Waals surface area contributed by atoms with Crippen LogP contribution in [0.5, 0.6) is 0 Å². The molecule has 0 aliphatic rings. The fraction of sp³-hybridized carbons (Fsp3) is 0.300. The van der Waals surface area contributed by atoms with Crippen molar-refractivity contribution in [1.82, 2.24) is 4.72 Å². The van der Waals surface area contributed by atoms with Gasteiger partial charge in [-0.1, -0.05) is 23.2 Å². The highest BCUT2D eigenvalue weighted by molar-refractivity contribution is 7.89. The van der Waals surface area contributed by atoms with E-state index in [1.54, 1.807) is 0 Å². The molecule has 0 saturated carbocycles. The quantitative estimate of drug-likeness (QED) is 0.690. The third-order valence-corrected chi connectivity index (χ3v) is 4.31. The molecule has 19 heavy (non-hydrogen) atoms. The first-order valence-corrected chi connectivity index (χ1v) is 7.95. The number of nitrogens with one attached hydrogen (secondary N) is 1. The first-order valence-electron chi connectivity index (χ1n) is 5.08. The van der Waals surface area contributed by atoms with Crippen LogP contribution < -0.4 is 4.72 Å². The molecule has 0 aliphatic carbocycles. The number of halogens is 2. The maximum atomic E-state index is 12.0. The minimum atomic E-state index is -4.01. The molecule has 0 amide bonds. The third kappa shape index (κ3) is 4.85. The van der Waals surface area contributed by atoms with Crippen molar-refractivity contribution in [2.24, 2.45) is 0 Å². The van der Waals surface area contributed by atoms with Crippen molar-refractivity contribution >= 4 is 51.8 Å². The van der Waals surface area contributed by atoms with Gasteiger partial charge in [-0.3, -0.25) is 4.79 Å². The molecule has 1 atom stereocenters. The lowest BCUT2D eigenvalue weighted by Crippen LogP contribution is -2.41. The summed E-state index contributed by atoms with van der Waals surface area (Å²) in [5, 5.41) is 9.21. The highest BCUT2D eigenvalue weighted by Crippen LogP contribution is 2.22. The van der Waals surface area contributed by atoms with Crippen LogP contribution in [0.2, 0.25) is 10.0 Å². The summed E-state index contributed by atoms with van der Waals surface area (Å²) in [4.78, 5) is 10.7. The minimum absolute atomic E-state index is 0.0615. The summed E-state index contributed by atoms with van der Waals surface area (Å²) in [5.74, 6) is -1.04. The Morgan fingerprint density at radius 3 is 2.26 bits per heavy atom. The second-order valence-electron chi connectivity index (χ2n) is 3.63. The van der Waals surface area contributed by atoms with Crippen LogP contribution in [0.25, 0.3) is 0 Å². The van der Waals surface area contributed by atoms with Gasteiger partial charge in [0.1, 0.15) is 6.04 Å². The smallest absolute Gasteiger partial charge is 0.321 e. The molecule has 0 spiro atoms. The van der Waals surface area contributed by atoms with Crippen molar-refractivity contribution in [2.45, 2.75) is 17.4 Å². The van der Waals surface area contributed by atoms with Crippen molar-refractivity contribution in [3.05, 3.63) is 28.2 Å². The lowest BCUT2D eigenvalue weighted by Gasteiger charge is -2.14. The lowest BCUT2D eigenvalue weighted by molar-refractivity contribution is -0.139. The van der Waals surface area contributed by atoms with Gasteiger partial charge in [0.05, 0.1) is 4.90 Å². The standard InChI is InChI=1S/C10H11Cl2NO4S2/c11-6-3-7(12)5-8(4-6)19(16,17)13-9(1-2-18)10(14)15/h3-5,9,13,18H,1-2H2,(H,14,15). The van der Waals surface area contributed by atoms with Crippen molar-refractivity contribution in [1.29, 1.82) is 0 Å². The molecule has 106 valence electrons. The maximum Gasteiger partial charge on any atom is 0.321 e. The first kappa shape index (κ1) is 16.6. The van der Waals surface area contributed by atoms with E-state index in [4.69, 9.17) is 28.3 Å². The Morgan fingerprint density at radius 1 is 1.32 bits per heavy atom. The van der Waals surface area contributed by atoms with Crippen LogP contribution >= 0.6 is 35.8 Å². The zero-order valence-corrected chi connectivity index (χ0v) is 12.7. The van der Waals surface area contributed by atoms with E-state index in [1.165, 1.54) is 18.2 Å². The maximum absolute atomic E-state index is 12.0. The topological polar surface area (TPSA) is 83.5 Å². The van der Waals surface area contributed by atoms with Crippen LogP contribution in [0.4, 0.5) is 0 Å². The van der Waals surface area contributed by atoms with Gasteiger partial charge in [0.15, 0.2) is 0 Å². The molecule has 0 heterocycles. The first-order chi connectivity index (χ1) is 8.76. The molecule has 1 aromatic rings. The Hall–Kier alpha value is -0.470. The third-order valence-electron chi connectivity index (χ3n) is 2.16. The van der Waals surface area contributed by atoms with E-state index in [0.717, 1.165) is 0 Å². The van der Waals surface area contributed by atoms with Gasteiger partial charge in [0.2, 0.25) is 10.0 Å². The molecule has 1 unspecified atom stereocenters. The largest absolute Gasteiger partial charge is 0.480 e. The van der Waals surface area contributed by atoms with Crippen molar-refractivity contribution in [3.63, 3.8) is 0 Å². The van der Waals surface area contributed by atoms with Crippen molar-refractivity contribution in [2.75, 3.05) is 5.75 Å². The SMILES string of the molecule is O=C(O)C(CCS)NS(=O)(=O)c1cc(Cl)cc(Cl)c1. The summed E-state index contributed by atoms with van der Waals surface area (Å²) in [5.41, 5.74) is 0. The number of rotatable bonds is 6. The summed E-state index contributed by atoms with van der Waals surface area (Å²) in [7, 11) is -4.01. The van der Waals surface area contributed by atoms with Crippen LogP contribution in [0.15, 0.2) is 23.1 Å². The number of carboxylic acid groups (broad SMARTS) is 1. The van der Waals surface area contributed by atoms with Crippen molar-refractivity contribution < 1.29 is 18.3 Å². The lowest BCUT2D eigenvalue weighted by atomic mass is 10.2. The van der Waals surface area contributed by atoms with E-state index in [0.29, 0.717) is 0 Å². The van der Waals surface area contributed by atoms with Crippen molar-refractivity contribution in [3.8, 4) is 0 Å². The van der Waals surface area contributed by atoms with Gasteiger partial charge in [0, 0.05) is 10.0 Å². The molecule has 0 bridgehead atoms. The van der Waals surface area contributed by atoms with Crippen LogP contribution in [0.3, 0.4) is 0 Å². The molecule has 1 rings (SSSR count). The summed E-state index contributed by atoms with van der Waals surface area (Å²) in [6.07, 6.45) is 0.0615. The number of aliphatic carboxylic acids is 1. The van der Waals surface area contributed by atoms with E-state index < -0.39 is 22.0 Å². The molecule has 0 saturated heterocycles. The highest BCUT2D eigenvalue weighted by Gasteiger charge is 2.25. The van der Waals surface area contributed by atoms with E-state index in [-0.39, 0.29) is 27.1 Å². The molecule has 0 aromatic heterocycles. The summed E-state index contributed by atoms with van der Waals surface area (Å²) in [6, 6.07) is 2.51. The number of hydrogen-bond acceptors (Lipinski definition) is 4. The number of carboxylic acids is 1. The minimum Gasteiger partial charge on any atom is -0.480 e. The average Bonchev–Trinajstić information content (AvgIpc) is 2.26. The van der Waals surface area contributed by atoms with Crippen LogP contribution in [0.1, 0.15) is 6.42 Å². The van der Waals surface area contributed by atoms with E-state index in [1.807, 2.05) is 0 Å². The Bertz CT molecular complexity index is 557. The molecule has 2 N–H and O–H groups in total. The molecule has 1 aromatic carbocycles. The fourth-order valence-corrected chi connectivity index (χ4v) is 3.51. The second kappa shape index (κ2) is 6.81. The zero-order chi connectivity index (χ0) is 14.6. The van der Waals surface area contributed by atoms with Gasteiger partial charge in [-0.05, 0) is 30.4 Å². The van der Waals surface area contributed by atoms with Gasteiger partial charge in [0.25, 0.3) is 0 Å². The number of hydrogen-bond donors (Lipinski definition) is 3.